The SMILES string of the molecule is CCN(CC)CCCOC(=O)c1ccccc1C(=O)O. The van der Waals surface area contributed by atoms with Crippen LogP contribution in [0.2, 0.25) is 0 Å². The first kappa shape index (κ1) is 16.2. The van der Waals surface area contributed by atoms with Gasteiger partial charge in [-0.25, -0.2) is 9.59 Å². The second-order valence-corrected chi connectivity index (χ2v) is 4.37. The molecule has 0 spiro atoms. The Bertz CT molecular complexity index is 455. The molecule has 1 N–H and O–H groups in total. The Labute approximate surface area is 119 Å². The molecule has 0 heterocycles. The molecule has 0 bridgehead atoms. The van der Waals surface area contributed by atoms with Crippen molar-refractivity contribution in [2.45, 2.75) is 20.3 Å². The fourth-order valence-electron chi connectivity index (χ4n) is 1.92. The summed E-state index contributed by atoms with van der Waals surface area (Å²) < 4.78 is 5.13. The molecule has 0 aliphatic heterocycles. The number of benzene rings is 1. The van der Waals surface area contributed by atoms with E-state index < -0.39 is 11.9 Å². The van der Waals surface area contributed by atoms with Gasteiger partial charge in [0.15, 0.2) is 0 Å². The molecule has 0 aromatic heterocycles. The smallest absolute Gasteiger partial charge is 0.339 e. The van der Waals surface area contributed by atoms with Crippen LogP contribution < -0.4 is 0 Å². The highest BCUT2D eigenvalue weighted by molar-refractivity contribution is 6.02. The van der Waals surface area contributed by atoms with Crippen molar-refractivity contribution in [1.82, 2.24) is 4.90 Å². The quantitative estimate of drug-likeness (QED) is 0.584. The highest BCUT2D eigenvalue weighted by atomic mass is 16.5. The average molecular weight is 279 g/mol. The van der Waals surface area contributed by atoms with Crippen LogP contribution in [0.1, 0.15) is 41.0 Å². The minimum atomic E-state index is -1.12. The molecule has 0 radical (unpaired) electrons. The van der Waals surface area contributed by atoms with E-state index in [2.05, 4.69) is 18.7 Å². The molecular weight excluding hydrogens is 258 g/mol. The van der Waals surface area contributed by atoms with Gasteiger partial charge >= 0.3 is 11.9 Å². The zero-order valence-electron chi connectivity index (χ0n) is 12.0. The van der Waals surface area contributed by atoms with Gasteiger partial charge < -0.3 is 14.7 Å². The van der Waals surface area contributed by atoms with Gasteiger partial charge in [-0.2, -0.15) is 0 Å². The maximum absolute atomic E-state index is 11.9. The van der Waals surface area contributed by atoms with E-state index in [1.807, 2.05) is 0 Å². The van der Waals surface area contributed by atoms with E-state index in [0.29, 0.717) is 6.61 Å². The van der Waals surface area contributed by atoms with Crippen molar-refractivity contribution < 1.29 is 19.4 Å². The number of hydrogen-bond acceptors (Lipinski definition) is 4. The number of rotatable bonds is 8. The molecule has 0 atom stereocenters. The molecule has 110 valence electrons. The van der Waals surface area contributed by atoms with Gasteiger partial charge in [-0.3, -0.25) is 0 Å². The van der Waals surface area contributed by atoms with Crippen LogP contribution in [0, 0.1) is 0 Å². The van der Waals surface area contributed by atoms with Crippen LogP contribution in [-0.2, 0) is 4.74 Å². The van der Waals surface area contributed by atoms with E-state index in [4.69, 9.17) is 9.84 Å². The number of carboxylic acids is 1. The van der Waals surface area contributed by atoms with Crippen LogP contribution in [0.15, 0.2) is 24.3 Å². The van der Waals surface area contributed by atoms with E-state index in [9.17, 15) is 9.59 Å². The minimum Gasteiger partial charge on any atom is -0.478 e. The van der Waals surface area contributed by atoms with Crippen LogP contribution in [0.25, 0.3) is 0 Å². The first-order chi connectivity index (χ1) is 9.60. The number of esters is 1. The molecule has 0 fully saturated rings. The molecule has 0 unspecified atom stereocenters. The Morgan fingerprint density at radius 2 is 1.75 bits per heavy atom. The van der Waals surface area contributed by atoms with Crippen LogP contribution in [0.3, 0.4) is 0 Å². The molecule has 1 aromatic carbocycles. The number of carbonyl (C=O) groups excluding carboxylic acids is 1. The Kier molecular flexibility index (Phi) is 6.73. The Morgan fingerprint density at radius 1 is 1.15 bits per heavy atom. The van der Waals surface area contributed by atoms with Crippen molar-refractivity contribution in [3.05, 3.63) is 35.4 Å². The summed E-state index contributed by atoms with van der Waals surface area (Å²) in [5.41, 5.74) is 0.0732. The predicted molar refractivity (Wildman–Crippen MR) is 76.1 cm³/mol. The standard InChI is InChI=1S/C15H21NO4/c1-3-16(4-2)10-7-11-20-15(19)13-9-6-5-8-12(13)14(17)18/h5-6,8-9H,3-4,7,10-11H2,1-2H3,(H,17,18). The summed E-state index contributed by atoms with van der Waals surface area (Å²) in [6, 6.07) is 6.07. The van der Waals surface area contributed by atoms with Crippen LogP contribution >= 0.6 is 0 Å². The van der Waals surface area contributed by atoms with E-state index in [-0.39, 0.29) is 11.1 Å². The summed E-state index contributed by atoms with van der Waals surface area (Å²) >= 11 is 0. The number of carboxylic acid groups (broad SMARTS) is 1. The first-order valence-electron chi connectivity index (χ1n) is 6.81. The summed E-state index contributed by atoms with van der Waals surface area (Å²) in [4.78, 5) is 25.1. The first-order valence-corrected chi connectivity index (χ1v) is 6.81. The normalized spacial score (nSPS) is 10.6. The minimum absolute atomic E-state index is 0.0266. The fraction of sp³-hybridized carbons (Fsp3) is 0.467. The molecule has 20 heavy (non-hydrogen) atoms. The molecule has 0 saturated heterocycles. The number of carbonyl (C=O) groups is 2. The van der Waals surface area contributed by atoms with E-state index in [0.717, 1.165) is 26.1 Å². The zero-order valence-corrected chi connectivity index (χ0v) is 12.0. The third-order valence-corrected chi connectivity index (χ3v) is 3.12. The largest absolute Gasteiger partial charge is 0.478 e. The maximum Gasteiger partial charge on any atom is 0.339 e. The molecule has 0 aliphatic rings. The van der Waals surface area contributed by atoms with Gasteiger partial charge in [0, 0.05) is 6.54 Å². The molecule has 1 rings (SSSR count). The van der Waals surface area contributed by atoms with E-state index in [1.54, 1.807) is 12.1 Å². The van der Waals surface area contributed by atoms with Crippen LogP contribution in [-0.4, -0.2) is 48.2 Å². The van der Waals surface area contributed by atoms with Crippen molar-refractivity contribution in [3.63, 3.8) is 0 Å². The number of aromatic carboxylic acids is 1. The lowest BCUT2D eigenvalue weighted by atomic mass is 10.1. The van der Waals surface area contributed by atoms with Crippen molar-refractivity contribution in [3.8, 4) is 0 Å². The van der Waals surface area contributed by atoms with Gasteiger partial charge in [-0.05, 0) is 31.6 Å². The van der Waals surface area contributed by atoms with Gasteiger partial charge in [0.1, 0.15) is 0 Å². The van der Waals surface area contributed by atoms with Gasteiger partial charge in [0.25, 0.3) is 0 Å². The van der Waals surface area contributed by atoms with Crippen molar-refractivity contribution >= 4 is 11.9 Å². The van der Waals surface area contributed by atoms with Crippen molar-refractivity contribution in [2.75, 3.05) is 26.2 Å². The lowest BCUT2D eigenvalue weighted by Crippen LogP contribution is -2.25. The molecule has 0 aliphatic carbocycles. The lowest BCUT2D eigenvalue weighted by molar-refractivity contribution is 0.0479. The fourth-order valence-corrected chi connectivity index (χ4v) is 1.92. The highest BCUT2D eigenvalue weighted by Crippen LogP contribution is 2.10. The van der Waals surface area contributed by atoms with Crippen LogP contribution in [0.5, 0.6) is 0 Å². The van der Waals surface area contributed by atoms with E-state index >= 15 is 0 Å². The van der Waals surface area contributed by atoms with Gasteiger partial charge in [0.05, 0.1) is 17.7 Å². The average Bonchev–Trinajstić information content (AvgIpc) is 2.47. The third-order valence-electron chi connectivity index (χ3n) is 3.12. The Balaban J connectivity index is 2.50. The highest BCUT2D eigenvalue weighted by Gasteiger charge is 2.16. The number of hydrogen-bond donors (Lipinski definition) is 1. The zero-order chi connectivity index (χ0) is 15.0. The summed E-state index contributed by atoms with van der Waals surface area (Å²) in [5, 5.41) is 9.01. The second kappa shape index (κ2) is 8.32. The number of ether oxygens (including phenoxy) is 1. The predicted octanol–water partition coefficient (Wildman–Crippen LogP) is 2.27. The molecule has 5 nitrogen and oxygen atoms in total. The van der Waals surface area contributed by atoms with Gasteiger partial charge in [0.2, 0.25) is 0 Å². The summed E-state index contributed by atoms with van der Waals surface area (Å²) in [7, 11) is 0. The van der Waals surface area contributed by atoms with Gasteiger partial charge in [-0.1, -0.05) is 26.0 Å². The maximum atomic E-state index is 11.9. The molecule has 5 heteroatoms. The second-order valence-electron chi connectivity index (χ2n) is 4.37. The van der Waals surface area contributed by atoms with Gasteiger partial charge in [-0.15, -0.1) is 0 Å². The monoisotopic (exact) mass is 279 g/mol. The number of nitrogens with zero attached hydrogens (tertiary/aromatic N) is 1. The Morgan fingerprint density at radius 3 is 2.30 bits per heavy atom. The third kappa shape index (κ3) is 4.66. The summed E-state index contributed by atoms with van der Waals surface area (Å²) in [6.45, 7) is 7.25. The van der Waals surface area contributed by atoms with E-state index in [1.165, 1.54) is 12.1 Å². The Hall–Kier alpha value is -1.88. The molecule has 1 aromatic rings. The van der Waals surface area contributed by atoms with Crippen molar-refractivity contribution in [2.24, 2.45) is 0 Å². The summed E-state index contributed by atoms with van der Waals surface area (Å²) in [6.07, 6.45) is 0.739. The topological polar surface area (TPSA) is 66.8 Å². The van der Waals surface area contributed by atoms with Crippen molar-refractivity contribution in [1.29, 1.82) is 0 Å². The molecular formula is C15H21NO4. The lowest BCUT2D eigenvalue weighted by Gasteiger charge is -2.17. The molecule has 0 saturated carbocycles. The van der Waals surface area contributed by atoms with Crippen LogP contribution in [0.4, 0.5) is 0 Å². The summed E-state index contributed by atoms with van der Waals surface area (Å²) in [5.74, 6) is -1.71. The molecule has 0 amide bonds.